The first-order chi connectivity index (χ1) is 15.0. The van der Waals surface area contributed by atoms with Crippen molar-refractivity contribution in [2.75, 3.05) is 5.32 Å². The molecule has 0 saturated heterocycles. The van der Waals surface area contributed by atoms with E-state index in [1.807, 2.05) is 86.6 Å². The van der Waals surface area contributed by atoms with Crippen LogP contribution in [-0.2, 0) is 22.6 Å². The molecule has 3 aromatic rings. The van der Waals surface area contributed by atoms with Crippen LogP contribution in [0.5, 0.6) is 5.75 Å². The Morgan fingerprint density at radius 2 is 1.39 bits per heavy atom. The largest absolute Gasteiger partial charge is 0.489 e. The zero-order chi connectivity index (χ0) is 22.1. The highest BCUT2D eigenvalue weighted by Crippen LogP contribution is 2.18. The summed E-state index contributed by atoms with van der Waals surface area (Å²) in [6.07, 6.45) is 0.241. The van der Waals surface area contributed by atoms with Crippen molar-refractivity contribution in [1.29, 1.82) is 0 Å². The van der Waals surface area contributed by atoms with E-state index in [1.165, 1.54) is 0 Å². The van der Waals surface area contributed by atoms with Gasteiger partial charge in [0.2, 0.25) is 11.8 Å². The highest BCUT2D eigenvalue weighted by molar-refractivity contribution is 5.97. The topological polar surface area (TPSA) is 67.4 Å². The van der Waals surface area contributed by atoms with Gasteiger partial charge < -0.3 is 15.4 Å². The second kappa shape index (κ2) is 11.0. The predicted octanol–water partition coefficient (Wildman–Crippen LogP) is 4.59. The lowest BCUT2D eigenvalue weighted by molar-refractivity contribution is -0.127. The SMILES string of the molecule is CC(C)[C@H](NC(=O)Cc1ccccc1)C(=O)Nc1ccc(OCc2ccccc2)cc1. The molecular weight excluding hydrogens is 388 g/mol. The Labute approximate surface area is 183 Å². The van der Waals surface area contributed by atoms with Gasteiger partial charge >= 0.3 is 0 Å². The number of anilines is 1. The van der Waals surface area contributed by atoms with E-state index >= 15 is 0 Å². The summed E-state index contributed by atoms with van der Waals surface area (Å²) < 4.78 is 5.78. The average molecular weight is 417 g/mol. The van der Waals surface area contributed by atoms with E-state index in [9.17, 15) is 9.59 Å². The molecule has 0 saturated carbocycles. The number of carbonyl (C=O) groups is 2. The van der Waals surface area contributed by atoms with E-state index in [4.69, 9.17) is 4.74 Å². The number of hydrogen-bond donors (Lipinski definition) is 2. The van der Waals surface area contributed by atoms with Gasteiger partial charge in [0.05, 0.1) is 6.42 Å². The molecule has 0 radical (unpaired) electrons. The standard InChI is InChI=1S/C26H28N2O3/c1-19(2)25(28-24(29)17-20-9-5-3-6-10-20)26(30)27-22-13-15-23(16-14-22)31-18-21-11-7-4-8-12-21/h3-16,19,25H,17-18H2,1-2H3,(H,27,30)(H,28,29)/t25-/m0/s1. The molecule has 5 nitrogen and oxygen atoms in total. The van der Waals surface area contributed by atoms with E-state index in [-0.39, 0.29) is 24.2 Å². The Bertz CT molecular complexity index is 971. The van der Waals surface area contributed by atoms with Gasteiger partial charge in [0, 0.05) is 5.69 Å². The van der Waals surface area contributed by atoms with Gasteiger partial charge in [0.15, 0.2) is 0 Å². The molecule has 0 unspecified atom stereocenters. The molecule has 3 rings (SSSR count). The maximum absolute atomic E-state index is 12.8. The molecule has 0 bridgehead atoms. The first kappa shape index (κ1) is 22.1. The third kappa shape index (κ3) is 7.00. The molecule has 0 aliphatic heterocycles. The van der Waals surface area contributed by atoms with Gasteiger partial charge in [-0.2, -0.15) is 0 Å². The minimum absolute atomic E-state index is 0.0480. The number of ether oxygens (including phenoxy) is 1. The molecule has 1 atom stereocenters. The molecule has 0 aliphatic rings. The summed E-state index contributed by atoms with van der Waals surface area (Å²) in [4.78, 5) is 25.2. The number of hydrogen-bond acceptors (Lipinski definition) is 3. The van der Waals surface area contributed by atoms with Gasteiger partial charge in [0.1, 0.15) is 18.4 Å². The number of carbonyl (C=O) groups excluding carboxylic acids is 2. The lowest BCUT2D eigenvalue weighted by Gasteiger charge is -2.22. The normalized spacial score (nSPS) is 11.6. The van der Waals surface area contributed by atoms with Crippen molar-refractivity contribution >= 4 is 17.5 Å². The smallest absolute Gasteiger partial charge is 0.247 e. The van der Waals surface area contributed by atoms with E-state index in [0.29, 0.717) is 12.3 Å². The summed E-state index contributed by atoms with van der Waals surface area (Å²) >= 11 is 0. The maximum Gasteiger partial charge on any atom is 0.247 e. The van der Waals surface area contributed by atoms with Gasteiger partial charge in [-0.1, -0.05) is 74.5 Å². The quantitative estimate of drug-likeness (QED) is 0.536. The molecule has 2 amide bonds. The molecule has 160 valence electrons. The summed E-state index contributed by atoms with van der Waals surface area (Å²) in [5, 5.41) is 5.74. The van der Waals surface area contributed by atoms with Crippen LogP contribution in [0.4, 0.5) is 5.69 Å². The first-order valence-electron chi connectivity index (χ1n) is 10.4. The molecule has 0 fully saturated rings. The van der Waals surface area contributed by atoms with Crippen molar-refractivity contribution in [3.8, 4) is 5.75 Å². The van der Waals surface area contributed by atoms with Gasteiger partial charge in [0.25, 0.3) is 0 Å². The van der Waals surface area contributed by atoms with Crippen molar-refractivity contribution < 1.29 is 14.3 Å². The summed E-state index contributed by atoms with van der Waals surface area (Å²) in [5.41, 5.74) is 2.65. The Hall–Kier alpha value is -3.60. The van der Waals surface area contributed by atoms with E-state index in [1.54, 1.807) is 12.1 Å². The van der Waals surface area contributed by atoms with Crippen molar-refractivity contribution in [1.82, 2.24) is 5.32 Å². The lowest BCUT2D eigenvalue weighted by atomic mass is 10.0. The lowest BCUT2D eigenvalue weighted by Crippen LogP contribution is -2.47. The molecule has 0 spiro atoms. The summed E-state index contributed by atoms with van der Waals surface area (Å²) in [5.74, 6) is 0.255. The second-order valence-corrected chi connectivity index (χ2v) is 7.74. The highest BCUT2D eigenvalue weighted by Gasteiger charge is 2.24. The Kier molecular flexibility index (Phi) is 7.82. The number of benzene rings is 3. The predicted molar refractivity (Wildman–Crippen MR) is 123 cm³/mol. The summed E-state index contributed by atoms with van der Waals surface area (Å²) in [6.45, 7) is 4.30. The fraction of sp³-hybridized carbons (Fsp3) is 0.231. The summed E-state index contributed by atoms with van der Waals surface area (Å²) in [6, 6.07) is 26.0. The van der Waals surface area contributed by atoms with Gasteiger partial charge in [-0.05, 0) is 41.3 Å². The van der Waals surface area contributed by atoms with Crippen LogP contribution < -0.4 is 15.4 Å². The highest BCUT2D eigenvalue weighted by atomic mass is 16.5. The zero-order valence-corrected chi connectivity index (χ0v) is 17.9. The van der Waals surface area contributed by atoms with E-state index in [2.05, 4.69) is 10.6 Å². The van der Waals surface area contributed by atoms with Crippen molar-refractivity contribution in [3.63, 3.8) is 0 Å². The van der Waals surface area contributed by atoms with Crippen molar-refractivity contribution in [3.05, 3.63) is 96.1 Å². The fourth-order valence-electron chi connectivity index (χ4n) is 3.14. The Morgan fingerprint density at radius 1 is 0.806 bits per heavy atom. The average Bonchev–Trinajstić information content (AvgIpc) is 2.78. The summed E-state index contributed by atoms with van der Waals surface area (Å²) in [7, 11) is 0. The van der Waals surface area contributed by atoms with E-state index < -0.39 is 6.04 Å². The molecule has 0 heterocycles. The monoisotopic (exact) mass is 416 g/mol. The number of nitrogens with one attached hydrogen (secondary N) is 2. The number of rotatable bonds is 9. The van der Waals surface area contributed by atoms with Crippen molar-refractivity contribution in [2.45, 2.75) is 32.9 Å². The number of amides is 2. The van der Waals surface area contributed by atoms with Crippen molar-refractivity contribution in [2.24, 2.45) is 5.92 Å². The van der Waals surface area contributed by atoms with Crippen LogP contribution in [0.3, 0.4) is 0 Å². The van der Waals surface area contributed by atoms with Crippen LogP contribution >= 0.6 is 0 Å². The van der Waals surface area contributed by atoms with Crippen LogP contribution in [0.2, 0.25) is 0 Å². The zero-order valence-electron chi connectivity index (χ0n) is 17.9. The molecule has 3 aromatic carbocycles. The van der Waals surface area contributed by atoms with Crippen LogP contribution in [-0.4, -0.2) is 17.9 Å². The van der Waals surface area contributed by atoms with Gasteiger partial charge in [-0.25, -0.2) is 0 Å². The van der Waals surface area contributed by atoms with Crippen LogP contribution in [0, 0.1) is 5.92 Å². The molecule has 2 N–H and O–H groups in total. The molecule has 31 heavy (non-hydrogen) atoms. The van der Waals surface area contributed by atoms with Gasteiger partial charge in [-0.15, -0.1) is 0 Å². The minimum Gasteiger partial charge on any atom is -0.489 e. The molecule has 5 heteroatoms. The Balaban J connectivity index is 1.54. The molecule has 0 aliphatic carbocycles. The third-order valence-corrected chi connectivity index (χ3v) is 4.84. The van der Waals surface area contributed by atoms with Crippen LogP contribution in [0.15, 0.2) is 84.9 Å². The first-order valence-corrected chi connectivity index (χ1v) is 10.4. The Morgan fingerprint density at radius 3 is 1.97 bits per heavy atom. The third-order valence-electron chi connectivity index (χ3n) is 4.84. The second-order valence-electron chi connectivity index (χ2n) is 7.74. The van der Waals surface area contributed by atoms with Crippen LogP contribution in [0.1, 0.15) is 25.0 Å². The van der Waals surface area contributed by atoms with Crippen LogP contribution in [0.25, 0.3) is 0 Å². The molecular formula is C26H28N2O3. The minimum atomic E-state index is -0.620. The molecule has 0 aromatic heterocycles. The van der Waals surface area contributed by atoms with Gasteiger partial charge in [-0.3, -0.25) is 9.59 Å². The van der Waals surface area contributed by atoms with E-state index in [0.717, 1.165) is 16.9 Å². The fourth-order valence-corrected chi connectivity index (χ4v) is 3.14. The maximum atomic E-state index is 12.8.